The Labute approximate surface area is 143 Å². The van der Waals surface area contributed by atoms with Gasteiger partial charge in [0.1, 0.15) is 16.4 Å². The number of rotatable bonds is 3. The van der Waals surface area contributed by atoms with Crippen LogP contribution in [0.3, 0.4) is 0 Å². The van der Waals surface area contributed by atoms with Crippen molar-refractivity contribution >= 4 is 23.2 Å². The fourth-order valence-electron chi connectivity index (χ4n) is 2.61. The molecular formula is C14H11F3N4O3S. The van der Waals surface area contributed by atoms with E-state index in [1.807, 2.05) is 0 Å². The average molecular weight is 372 g/mol. The second-order valence-electron chi connectivity index (χ2n) is 5.43. The predicted octanol–water partition coefficient (Wildman–Crippen LogP) is 1.94. The van der Waals surface area contributed by atoms with Crippen LogP contribution in [-0.4, -0.2) is 56.1 Å². The summed E-state index contributed by atoms with van der Waals surface area (Å²) >= 11 is 1.10. The molecule has 2 atom stereocenters. The number of carboxylic acid groups (broad SMARTS) is 1. The summed E-state index contributed by atoms with van der Waals surface area (Å²) in [6.07, 6.45) is -0.325. The number of carbonyl (C=O) groups is 2. The standard InChI is InChI=1S/C14H11F3N4O3S/c15-14(16,17)8-5-21(4-7(8)13(23)24)12(22)10-6-25-11(20-10)9-3-18-1-2-19-9/h1-3,6-8H,4-5H2,(H,23,24)/t7-,8-/m1/s1. The molecule has 3 rings (SSSR count). The maximum absolute atomic E-state index is 13.0. The van der Waals surface area contributed by atoms with Crippen LogP contribution in [0.5, 0.6) is 0 Å². The average Bonchev–Trinajstić information content (AvgIpc) is 3.22. The van der Waals surface area contributed by atoms with Crippen LogP contribution < -0.4 is 0 Å². The van der Waals surface area contributed by atoms with Crippen LogP contribution in [0.4, 0.5) is 13.2 Å². The van der Waals surface area contributed by atoms with Gasteiger partial charge in [0, 0.05) is 30.9 Å². The van der Waals surface area contributed by atoms with Crippen molar-refractivity contribution in [3.63, 3.8) is 0 Å². The first-order chi connectivity index (χ1) is 11.8. The molecule has 1 aliphatic heterocycles. The van der Waals surface area contributed by atoms with Crippen molar-refractivity contribution < 1.29 is 27.9 Å². The van der Waals surface area contributed by atoms with Crippen LogP contribution in [0.15, 0.2) is 24.0 Å². The van der Waals surface area contributed by atoms with Crippen LogP contribution in [0.25, 0.3) is 10.7 Å². The normalized spacial score (nSPS) is 20.7. The van der Waals surface area contributed by atoms with Crippen LogP contribution in [0.1, 0.15) is 10.5 Å². The Bertz CT molecular complexity index is 796. The van der Waals surface area contributed by atoms with E-state index in [0.717, 1.165) is 16.2 Å². The van der Waals surface area contributed by atoms with Gasteiger partial charge in [-0.2, -0.15) is 13.2 Å². The smallest absolute Gasteiger partial charge is 0.394 e. The molecule has 11 heteroatoms. The Morgan fingerprint density at radius 2 is 2.04 bits per heavy atom. The zero-order valence-electron chi connectivity index (χ0n) is 12.5. The highest BCUT2D eigenvalue weighted by atomic mass is 32.1. The lowest BCUT2D eigenvalue weighted by Gasteiger charge is -2.18. The molecule has 1 fully saturated rings. The third-order valence-corrected chi connectivity index (χ3v) is 4.72. The Morgan fingerprint density at radius 3 is 2.60 bits per heavy atom. The molecule has 1 saturated heterocycles. The van der Waals surface area contributed by atoms with Gasteiger partial charge >= 0.3 is 12.1 Å². The van der Waals surface area contributed by atoms with E-state index in [1.165, 1.54) is 24.0 Å². The monoisotopic (exact) mass is 372 g/mol. The third-order valence-electron chi connectivity index (χ3n) is 3.85. The van der Waals surface area contributed by atoms with Crippen molar-refractivity contribution in [3.05, 3.63) is 29.7 Å². The molecule has 7 nitrogen and oxygen atoms in total. The molecule has 0 spiro atoms. The third kappa shape index (κ3) is 3.45. The highest BCUT2D eigenvalue weighted by Crippen LogP contribution is 2.38. The zero-order valence-corrected chi connectivity index (χ0v) is 13.3. The summed E-state index contributed by atoms with van der Waals surface area (Å²) in [5.41, 5.74) is 0.391. The van der Waals surface area contributed by atoms with Gasteiger partial charge in [0.15, 0.2) is 0 Å². The fraction of sp³-hybridized carbons (Fsp3) is 0.357. The molecule has 0 saturated carbocycles. The van der Waals surface area contributed by atoms with E-state index in [9.17, 15) is 22.8 Å². The van der Waals surface area contributed by atoms with Gasteiger partial charge in [-0.15, -0.1) is 11.3 Å². The summed E-state index contributed by atoms with van der Waals surface area (Å²) in [5.74, 6) is -6.07. The number of aromatic nitrogens is 3. The second-order valence-corrected chi connectivity index (χ2v) is 6.29. The molecule has 0 bridgehead atoms. The molecule has 0 radical (unpaired) electrons. The number of hydrogen-bond acceptors (Lipinski definition) is 6. The number of likely N-dealkylation sites (tertiary alicyclic amines) is 1. The van der Waals surface area contributed by atoms with Gasteiger partial charge in [0.25, 0.3) is 5.91 Å². The van der Waals surface area contributed by atoms with Crippen molar-refractivity contribution in [1.82, 2.24) is 19.9 Å². The largest absolute Gasteiger partial charge is 0.481 e. The lowest BCUT2D eigenvalue weighted by atomic mass is 9.96. The SMILES string of the molecule is O=C(O)[C@@H]1CN(C(=O)c2csc(-c3cnccn3)n2)C[C@H]1C(F)(F)F. The van der Waals surface area contributed by atoms with Crippen molar-refractivity contribution in [2.75, 3.05) is 13.1 Å². The number of nitrogens with zero attached hydrogens (tertiary/aromatic N) is 4. The number of halogens is 3. The summed E-state index contributed by atoms with van der Waals surface area (Å²) in [7, 11) is 0. The van der Waals surface area contributed by atoms with Crippen LogP contribution in [0.2, 0.25) is 0 Å². The Balaban J connectivity index is 1.80. The van der Waals surface area contributed by atoms with Crippen molar-refractivity contribution in [2.24, 2.45) is 11.8 Å². The molecular weight excluding hydrogens is 361 g/mol. The molecule has 1 N–H and O–H groups in total. The number of carbonyl (C=O) groups excluding carboxylic acids is 1. The summed E-state index contributed by atoms with van der Waals surface area (Å²) in [5, 5.41) is 10.8. The summed E-state index contributed by atoms with van der Waals surface area (Å²) in [4.78, 5) is 36.4. The minimum absolute atomic E-state index is 0.0439. The minimum atomic E-state index is -4.69. The first kappa shape index (κ1) is 17.3. The highest BCUT2D eigenvalue weighted by molar-refractivity contribution is 7.13. The van der Waals surface area contributed by atoms with Gasteiger partial charge in [-0.1, -0.05) is 0 Å². The van der Waals surface area contributed by atoms with E-state index in [2.05, 4.69) is 15.0 Å². The number of amides is 1. The fourth-order valence-corrected chi connectivity index (χ4v) is 3.37. The van der Waals surface area contributed by atoms with E-state index in [0.29, 0.717) is 10.7 Å². The van der Waals surface area contributed by atoms with Gasteiger partial charge < -0.3 is 10.0 Å². The van der Waals surface area contributed by atoms with E-state index >= 15 is 0 Å². The highest BCUT2D eigenvalue weighted by Gasteiger charge is 2.53. The van der Waals surface area contributed by atoms with Crippen LogP contribution >= 0.6 is 11.3 Å². The summed E-state index contributed by atoms with van der Waals surface area (Å²) in [6.45, 7) is -1.20. The quantitative estimate of drug-likeness (QED) is 0.885. The van der Waals surface area contributed by atoms with Crippen molar-refractivity contribution in [1.29, 1.82) is 0 Å². The maximum Gasteiger partial charge on any atom is 0.394 e. The van der Waals surface area contributed by atoms with Gasteiger partial charge in [-0.05, 0) is 0 Å². The number of alkyl halides is 3. The molecule has 1 aliphatic rings. The molecule has 0 aromatic carbocycles. The van der Waals surface area contributed by atoms with Crippen LogP contribution in [0, 0.1) is 11.8 Å². The molecule has 2 aromatic heterocycles. The zero-order chi connectivity index (χ0) is 18.2. The van der Waals surface area contributed by atoms with Crippen LogP contribution in [-0.2, 0) is 4.79 Å². The molecule has 2 aromatic rings. The molecule has 132 valence electrons. The maximum atomic E-state index is 13.0. The lowest BCUT2D eigenvalue weighted by molar-refractivity contribution is -0.187. The first-order valence-electron chi connectivity index (χ1n) is 7.08. The minimum Gasteiger partial charge on any atom is -0.481 e. The number of hydrogen-bond donors (Lipinski definition) is 1. The number of aliphatic carboxylic acids is 1. The second kappa shape index (κ2) is 6.39. The van der Waals surface area contributed by atoms with Gasteiger partial charge in [0.05, 0.1) is 18.0 Å². The van der Waals surface area contributed by atoms with E-state index < -0.39 is 43.0 Å². The van der Waals surface area contributed by atoms with Gasteiger partial charge in [-0.3, -0.25) is 19.6 Å². The molecule has 1 amide bonds. The van der Waals surface area contributed by atoms with E-state index in [1.54, 1.807) is 0 Å². The summed E-state index contributed by atoms with van der Waals surface area (Å²) in [6, 6.07) is 0. The molecule has 25 heavy (non-hydrogen) atoms. The molecule has 0 aliphatic carbocycles. The van der Waals surface area contributed by atoms with E-state index in [4.69, 9.17) is 5.11 Å². The number of carboxylic acids is 1. The van der Waals surface area contributed by atoms with Crippen molar-refractivity contribution in [2.45, 2.75) is 6.18 Å². The predicted molar refractivity (Wildman–Crippen MR) is 79.7 cm³/mol. The number of thiazole rings is 1. The Kier molecular flexibility index (Phi) is 4.41. The molecule has 3 heterocycles. The van der Waals surface area contributed by atoms with Gasteiger partial charge in [0.2, 0.25) is 0 Å². The lowest BCUT2D eigenvalue weighted by Crippen LogP contribution is -2.34. The first-order valence-corrected chi connectivity index (χ1v) is 7.96. The topological polar surface area (TPSA) is 96.3 Å². The van der Waals surface area contributed by atoms with Gasteiger partial charge in [-0.25, -0.2) is 4.98 Å². The summed E-state index contributed by atoms with van der Waals surface area (Å²) < 4.78 is 39.0. The Morgan fingerprint density at radius 1 is 1.28 bits per heavy atom. The molecule has 0 unspecified atom stereocenters. The van der Waals surface area contributed by atoms with E-state index in [-0.39, 0.29) is 5.69 Å². The van der Waals surface area contributed by atoms with Crippen molar-refractivity contribution in [3.8, 4) is 10.7 Å². The Hall–Kier alpha value is -2.56.